The fourth-order valence-corrected chi connectivity index (χ4v) is 1.55. The van der Waals surface area contributed by atoms with E-state index in [0.717, 1.165) is 11.1 Å². The highest BCUT2D eigenvalue weighted by Gasteiger charge is 2.02. The van der Waals surface area contributed by atoms with Gasteiger partial charge in [-0.3, -0.25) is 4.79 Å². The van der Waals surface area contributed by atoms with E-state index in [1.165, 1.54) is 6.07 Å². The van der Waals surface area contributed by atoms with Crippen molar-refractivity contribution in [3.8, 4) is 17.0 Å². The maximum absolute atomic E-state index is 11.4. The molecule has 1 aromatic carbocycles. The number of pyridine rings is 1. The van der Waals surface area contributed by atoms with E-state index in [2.05, 4.69) is 4.98 Å². The Labute approximate surface area is 92.4 Å². The molecule has 2 rings (SSSR count). The number of phenols is 1. The zero-order chi connectivity index (χ0) is 11.5. The first-order valence-electron chi connectivity index (χ1n) is 4.92. The summed E-state index contributed by atoms with van der Waals surface area (Å²) in [7, 11) is 0. The number of aromatic hydroxyl groups is 1. The van der Waals surface area contributed by atoms with Crippen LogP contribution in [0, 0.1) is 0 Å². The fraction of sp³-hybridized carbons (Fsp3) is 0.0833. The van der Waals surface area contributed by atoms with Crippen molar-refractivity contribution in [3.05, 3.63) is 52.3 Å². The maximum Gasteiger partial charge on any atom is 0.248 e. The molecule has 0 saturated carbocycles. The molecular weight excluding hydrogens is 204 g/mol. The Morgan fingerprint density at radius 2 is 2.06 bits per heavy atom. The Bertz CT molecular complexity index is 561. The third-order valence-corrected chi connectivity index (χ3v) is 2.30. The van der Waals surface area contributed by atoms with E-state index in [4.69, 9.17) is 5.73 Å². The van der Waals surface area contributed by atoms with Gasteiger partial charge in [0.15, 0.2) is 0 Å². The van der Waals surface area contributed by atoms with E-state index in [1.54, 1.807) is 24.3 Å². The third kappa shape index (κ3) is 2.12. The molecule has 2 aromatic rings. The standard InChI is InChI=1S/C12H12N2O2/c13-7-8-4-11(14-12(16)5-8)9-2-1-3-10(15)6-9/h1-6,15H,7,13H2,(H,14,16). The monoisotopic (exact) mass is 216 g/mol. The van der Waals surface area contributed by atoms with E-state index < -0.39 is 0 Å². The summed E-state index contributed by atoms with van der Waals surface area (Å²) in [4.78, 5) is 14.1. The molecule has 0 atom stereocenters. The molecule has 16 heavy (non-hydrogen) atoms. The van der Waals surface area contributed by atoms with E-state index in [-0.39, 0.29) is 11.3 Å². The highest BCUT2D eigenvalue weighted by molar-refractivity contribution is 5.61. The van der Waals surface area contributed by atoms with Gasteiger partial charge in [-0.2, -0.15) is 0 Å². The minimum absolute atomic E-state index is 0.163. The van der Waals surface area contributed by atoms with Crippen molar-refractivity contribution in [2.24, 2.45) is 5.73 Å². The predicted octanol–water partition coefficient (Wildman–Crippen LogP) is 1.21. The zero-order valence-electron chi connectivity index (χ0n) is 8.60. The summed E-state index contributed by atoms with van der Waals surface area (Å²) in [6.45, 7) is 0.315. The molecule has 0 spiro atoms. The van der Waals surface area contributed by atoms with E-state index in [9.17, 15) is 9.90 Å². The molecule has 0 aliphatic heterocycles. The van der Waals surface area contributed by atoms with Crippen LogP contribution in [0.2, 0.25) is 0 Å². The van der Waals surface area contributed by atoms with Crippen LogP contribution in [0.15, 0.2) is 41.2 Å². The van der Waals surface area contributed by atoms with Gasteiger partial charge >= 0.3 is 0 Å². The molecule has 0 unspecified atom stereocenters. The second kappa shape index (κ2) is 4.20. The number of H-pyrrole nitrogens is 1. The third-order valence-electron chi connectivity index (χ3n) is 2.30. The first-order valence-corrected chi connectivity index (χ1v) is 4.92. The van der Waals surface area contributed by atoms with Crippen LogP contribution in [0.3, 0.4) is 0 Å². The number of benzene rings is 1. The lowest BCUT2D eigenvalue weighted by Gasteiger charge is -2.04. The minimum Gasteiger partial charge on any atom is -0.508 e. The highest BCUT2D eigenvalue weighted by atomic mass is 16.3. The van der Waals surface area contributed by atoms with E-state index in [0.29, 0.717) is 12.2 Å². The van der Waals surface area contributed by atoms with E-state index >= 15 is 0 Å². The van der Waals surface area contributed by atoms with Gasteiger partial charge in [0.05, 0.1) is 0 Å². The first-order chi connectivity index (χ1) is 7.69. The van der Waals surface area contributed by atoms with Crippen LogP contribution in [-0.2, 0) is 6.54 Å². The first kappa shape index (κ1) is 10.4. The smallest absolute Gasteiger partial charge is 0.248 e. The number of nitrogens with one attached hydrogen (secondary N) is 1. The number of phenolic OH excluding ortho intramolecular Hbond substituents is 1. The molecule has 4 nitrogen and oxygen atoms in total. The zero-order valence-corrected chi connectivity index (χ0v) is 8.60. The van der Waals surface area contributed by atoms with Crippen LogP contribution >= 0.6 is 0 Å². The van der Waals surface area contributed by atoms with Crippen LogP contribution in [0.4, 0.5) is 0 Å². The van der Waals surface area contributed by atoms with Crippen molar-refractivity contribution >= 4 is 0 Å². The lowest BCUT2D eigenvalue weighted by Crippen LogP contribution is -2.09. The average molecular weight is 216 g/mol. The lowest BCUT2D eigenvalue weighted by molar-refractivity contribution is 0.475. The van der Waals surface area contributed by atoms with Crippen LogP contribution in [0.5, 0.6) is 5.75 Å². The normalized spacial score (nSPS) is 10.3. The molecule has 0 saturated heterocycles. The molecular formula is C12H12N2O2. The SMILES string of the molecule is NCc1cc(-c2cccc(O)c2)[nH]c(=O)c1. The van der Waals surface area contributed by atoms with Gasteiger partial charge in [0.1, 0.15) is 5.75 Å². The summed E-state index contributed by atoms with van der Waals surface area (Å²) < 4.78 is 0. The molecule has 1 aromatic heterocycles. The topological polar surface area (TPSA) is 79.1 Å². The molecule has 0 aliphatic rings. The number of hydrogen-bond acceptors (Lipinski definition) is 3. The number of hydrogen-bond donors (Lipinski definition) is 3. The van der Waals surface area contributed by atoms with Crippen molar-refractivity contribution in [1.82, 2.24) is 4.98 Å². The van der Waals surface area contributed by atoms with Crippen molar-refractivity contribution in [3.63, 3.8) is 0 Å². The molecule has 4 N–H and O–H groups in total. The largest absolute Gasteiger partial charge is 0.508 e. The van der Waals surface area contributed by atoms with Gasteiger partial charge in [-0.15, -0.1) is 0 Å². The van der Waals surface area contributed by atoms with Crippen molar-refractivity contribution in [2.75, 3.05) is 0 Å². The summed E-state index contributed by atoms with van der Waals surface area (Å²) >= 11 is 0. The van der Waals surface area contributed by atoms with Crippen molar-refractivity contribution < 1.29 is 5.11 Å². The minimum atomic E-state index is -0.193. The molecule has 82 valence electrons. The van der Waals surface area contributed by atoms with Gasteiger partial charge in [0.25, 0.3) is 0 Å². The van der Waals surface area contributed by atoms with Crippen molar-refractivity contribution in [2.45, 2.75) is 6.54 Å². The number of aromatic amines is 1. The number of nitrogens with two attached hydrogens (primary N) is 1. The molecule has 0 fully saturated rings. The second-order valence-corrected chi connectivity index (χ2v) is 3.52. The molecule has 1 heterocycles. The predicted molar refractivity (Wildman–Crippen MR) is 62.1 cm³/mol. The molecule has 0 amide bonds. The average Bonchev–Trinajstić information content (AvgIpc) is 2.28. The van der Waals surface area contributed by atoms with Crippen LogP contribution in [-0.4, -0.2) is 10.1 Å². The molecule has 0 aliphatic carbocycles. The Hall–Kier alpha value is -2.07. The Morgan fingerprint density at radius 1 is 1.25 bits per heavy atom. The summed E-state index contributed by atoms with van der Waals surface area (Å²) in [5.41, 5.74) is 7.48. The van der Waals surface area contributed by atoms with Crippen LogP contribution in [0.1, 0.15) is 5.56 Å². The summed E-state index contributed by atoms with van der Waals surface area (Å²) in [5.74, 6) is 0.163. The van der Waals surface area contributed by atoms with Gasteiger partial charge in [-0.05, 0) is 23.8 Å². The van der Waals surface area contributed by atoms with Gasteiger partial charge in [0.2, 0.25) is 5.56 Å². The van der Waals surface area contributed by atoms with Gasteiger partial charge in [0, 0.05) is 23.9 Å². The summed E-state index contributed by atoms with van der Waals surface area (Å²) in [6.07, 6.45) is 0. The van der Waals surface area contributed by atoms with Gasteiger partial charge < -0.3 is 15.8 Å². The quantitative estimate of drug-likeness (QED) is 0.705. The van der Waals surface area contributed by atoms with Gasteiger partial charge in [-0.25, -0.2) is 0 Å². The fourth-order valence-electron chi connectivity index (χ4n) is 1.55. The molecule has 4 heteroatoms. The van der Waals surface area contributed by atoms with Gasteiger partial charge in [-0.1, -0.05) is 12.1 Å². The lowest BCUT2D eigenvalue weighted by atomic mass is 10.1. The number of rotatable bonds is 2. The van der Waals surface area contributed by atoms with Crippen LogP contribution in [0.25, 0.3) is 11.3 Å². The molecule has 0 radical (unpaired) electrons. The Morgan fingerprint density at radius 3 is 2.75 bits per heavy atom. The second-order valence-electron chi connectivity index (χ2n) is 3.52. The molecule has 0 bridgehead atoms. The van der Waals surface area contributed by atoms with E-state index in [1.807, 2.05) is 6.07 Å². The highest BCUT2D eigenvalue weighted by Crippen LogP contribution is 2.20. The summed E-state index contributed by atoms with van der Waals surface area (Å²) in [6, 6.07) is 9.96. The summed E-state index contributed by atoms with van der Waals surface area (Å²) in [5, 5.41) is 9.35. The Kier molecular flexibility index (Phi) is 2.74. The van der Waals surface area contributed by atoms with Crippen LogP contribution < -0.4 is 11.3 Å². The Balaban J connectivity index is 2.55. The van der Waals surface area contributed by atoms with Crippen molar-refractivity contribution in [1.29, 1.82) is 0 Å². The number of aromatic nitrogens is 1. The maximum atomic E-state index is 11.4.